The molecule has 0 aliphatic heterocycles. The van der Waals surface area contributed by atoms with E-state index in [-0.39, 0.29) is 0 Å². The van der Waals surface area contributed by atoms with Crippen molar-refractivity contribution in [2.45, 2.75) is 37.0 Å². The average molecular weight is 246 g/mol. The van der Waals surface area contributed by atoms with E-state index in [1.807, 2.05) is 36.0 Å². The second-order valence-electron chi connectivity index (χ2n) is 4.50. The van der Waals surface area contributed by atoms with Gasteiger partial charge in [0.2, 0.25) is 0 Å². The Hall–Kier alpha value is -1.14. The van der Waals surface area contributed by atoms with E-state index in [2.05, 4.69) is 17.6 Å². The summed E-state index contributed by atoms with van der Waals surface area (Å²) < 4.78 is 0. The predicted molar refractivity (Wildman–Crippen MR) is 74.3 cm³/mol. The largest absolute Gasteiger partial charge is 0.381 e. The quantitative estimate of drug-likeness (QED) is 0.884. The van der Waals surface area contributed by atoms with Gasteiger partial charge < -0.3 is 5.32 Å². The molecule has 17 heavy (non-hydrogen) atoms. The summed E-state index contributed by atoms with van der Waals surface area (Å²) in [5.74, 6) is 0. The molecule has 2 nitrogen and oxygen atoms in total. The lowest BCUT2D eigenvalue weighted by Crippen LogP contribution is -2.34. The van der Waals surface area contributed by atoms with Crippen molar-refractivity contribution in [1.29, 1.82) is 5.26 Å². The van der Waals surface area contributed by atoms with E-state index in [4.69, 9.17) is 5.26 Å². The summed E-state index contributed by atoms with van der Waals surface area (Å²) in [5, 5.41) is 13.1. The predicted octanol–water partition coefficient (Wildman–Crippen LogP) is 3.64. The van der Waals surface area contributed by atoms with Crippen LogP contribution in [0.5, 0.6) is 0 Å². The van der Waals surface area contributed by atoms with Crippen LogP contribution in [0.15, 0.2) is 24.3 Å². The smallest absolute Gasteiger partial charge is 0.0991 e. The van der Waals surface area contributed by atoms with Gasteiger partial charge in [-0.2, -0.15) is 17.0 Å². The molecule has 0 spiro atoms. The Bertz CT molecular complexity index is 394. The highest BCUT2D eigenvalue weighted by atomic mass is 32.2. The maximum atomic E-state index is 8.76. The van der Waals surface area contributed by atoms with E-state index in [1.54, 1.807) is 0 Å². The molecule has 1 saturated carbocycles. The molecule has 2 unspecified atom stereocenters. The molecule has 1 N–H and O–H groups in total. The Morgan fingerprint density at radius 1 is 1.24 bits per heavy atom. The Balaban J connectivity index is 2.01. The van der Waals surface area contributed by atoms with E-state index in [0.717, 1.165) is 16.5 Å². The number of rotatable bonds is 3. The van der Waals surface area contributed by atoms with E-state index < -0.39 is 0 Å². The molecule has 1 aliphatic carbocycles. The molecule has 1 aromatic rings. The fraction of sp³-hybridized carbons (Fsp3) is 0.500. The van der Waals surface area contributed by atoms with Crippen LogP contribution in [0, 0.1) is 11.3 Å². The van der Waals surface area contributed by atoms with E-state index in [0.29, 0.717) is 6.04 Å². The van der Waals surface area contributed by atoms with E-state index >= 15 is 0 Å². The van der Waals surface area contributed by atoms with Crippen LogP contribution in [0.3, 0.4) is 0 Å². The van der Waals surface area contributed by atoms with Crippen LogP contribution in [0.1, 0.15) is 31.2 Å². The molecule has 1 aromatic carbocycles. The molecule has 2 rings (SSSR count). The van der Waals surface area contributed by atoms with Crippen molar-refractivity contribution in [3.05, 3.63) is 29.8 Å². The van der Waals surface area contributed by atoms with E-state index in [9.17, 15) is 0 Å². The van der Waals surface area contributed by atoms with Crippen LogP contribution < -0.4 is 5.32 Å². The van der Waals surface area contributed by atoms with Crippen LogP contribution in [-0.4, -0.2) is 17.5 Å². The minimum Gasteiger partial charge on any atom is -0.381 e. The monoisotopic (exact) mass is 246 g/mol. The molecular formula is C14H18N2S. The molecule has 90 valence electrons. The molecule has 0 aromatic heterocycles. The van der Waals surface area contributed by atoms with Crippen molar-refractivity contribution >= 4 is 17.4 Å². The number of nitrogens with one attached hydrogen (secondary N) is 1. The number of nitrogens with zero attached hydrogens (tertiary/aromatic N) is 1. The first kappa shape index (κ1) is 12.3. The Kier molecular flexibility index (Phi) is 4.33. The van der Waals surface area contributed by atoms with Crippen molar-refractivity contribution in [3.8, 4) is 6.07 Å². The van der Waals surface area contributed by atoms with Crippen molar-refractivity contribution in [2.75, 3.05) is 11.6 Å². The maximum Gasteiger partial charge on any atom is 0.0991 e. The fourth-order valence-electron chi connectivity index (χ4n) is 2.40. The van der Waals surface area contributed by atoms with E-state index in [1.165, 1.54) is 25.7 Å². The van der Waals surface area contributed by atoms with Gasteiger partial charge in [-0.1, -0.05) is 12.8 Å². The Morgan fingerprint density at radius 2 is 1.94 bits per heavy atom. The van der Waals surface area contributed by atoms with Gasteiger partial charge in [-0.3, -0.25) is 0 Å². The molecule has 0 amide bonds. The normalized spacial score (nSPS) is 24.0. The number of hydrogen-bond acceptors (Lipinski definition) is 3. The van der Waals surface area contributed by atoms with Gasteiger partial charge >= 0.3 is 0 Å². The first-order chi connectivity index (χ1) is 8.33. The Labute approximate surface area is 107 Å². The van der Waals surface area contributed by atoms with Gasteiger partial charge in [0, 0.05) is 17.0 Å². The second kappa shape index (κ2) is 5.97. The highest BCUT2D eigenvalue weighted by Gasteiger charge is 2.23. The topological polar surface area (TPSA) is 35.8 Å². The number of benzene rings is 1. The van der Waals surface area contributed by atoms with Gasteiger partial charge in [-0.25, -0.2) is 0 Å². The fourth-order valence-corrected chi connectivity index (χ4v) is 3.33. The summed E-state index contributed by atoms with van der Waals surface area (Å²) >= 11 is 1.97. The Morgan fingerprint density at radius 3 is 2.59 bits per heavy atom. The number of hydrogen-bond donors (Lipinski definition) is 1. The summed E-state index contributed by atoms with van der Waals surface area (Å²) in [6.07, 6.45) is 7.45. The lowest BCUT2D eigenvalue weighted by atomic mass is 9.94. The van der Waals surface area contributed by atoms with Crippen molar-refractivity contribution < 1.29 is 0 Å². The number of thioether (sulfide) groups is 1. The minimum atomic E-state index is 0.576. The second-order valence-corrected chi connectivity index (χ2v) is 5.58. The van der Waals surface area contributed by atoms with Crippen molar-refractivity contribution in [1.82, 2.24) is 0 Å². The molecule has 0 bridgehead atoms. The van der Waals surface area contributed by atoms with Gasteiger partial charge in [0.1, 0.15) is 0 Å². The molecule has 1 aliphatic rings. The average Bonchev–Trinajstić information content (AvgIpc) is 2.40. The zero-order valence-electron chi connectivity index (χ0n) is 10.1. The third-order valence-electron chi connectivity index (χ3n) is 3.37. The molecular weight excluding hydrogens is 228 g/mol. The van der Waals surface area contributed by atoms with Gasteiger partial charge in [0.25, 0.3) is 0 Å². The van der Waals surface area contributed by atoms with Gasteiger partial charge in [0.15, 0.2) is 0 Å². The molecule has 3 heteroatoms. The molecule has 0 saturated heterocycles. The van der Waals surface area contributed by atoms with Crippen molar-refractivity contribution in [3.63, 3.8) is 0 Å². The molecule has 2 atom stereocenters. The van der Waals surface area contributed by atoms with Gasteiger partial charge in [0.05, 0.1) is 11.6 Å². The zero-order chi connectivity index (χ0) is 12.1. The highest BCUT2D eigenvalue weighted by molar-refractivity contribution is 7.99. The van der Waals surface area contributed by atoms with Crippen LogP contribution in [0.2, 0.25) is 0 Å². The SMILES string of the molecule is CSC1CCCCC1Nc1ccc(C#N)cc1. The van der Waals surface area contributed by atoms with Gasteiger partial charge in [-0.15, -0.1) is 0 Å². The summed E-state index contributed by atoms with van der Waals surface area (Å²) in [6, 6.07) is 10.5. The number of anilines is 1. The van der Waals surface area contributed by atoms with Crippen LogP contribution in [0.4, 0.5) is 5.69 Å². The minimum absolute atomic E-state index is 0.576. The lowest BCUT2D eigenvalue weighted by Gasteiger charge is -2.31. The molecule has 0 heterocycles. The number of nitriles is 1. The zero-order valence-corrected chi connectivity index (χ0v) is 11.0. The molecule has 0 radical (unpaired) electrons. The third-order valence-corrected chi connectivity index (χ3v) is 4.54. The van der Waals surface area contributed by atoms with Crippen LogP contribution in [-0.2, 0) is 0 Å². The van der Waals surface area contributed by atoms with Crippen LogP contribution >= 0.6 is 11.8 Å². The summed E-state index contributed by atoms with van der Waals surface area (Å²) in [4.78, 5) is 0. The standard InChI is InChI=1S/C14H18N2S/c1-17-14-5-3-2-4-13(14)16-12-8-6-11(10-15)7-9-12/h6-9,13-14,16H,2-5H2,1H3. The third kappa shape index (κ3) is 3.17. The first-order valence-electron chi connectivity index (χ1n) is 6.13. The first-order valence-corrected chi connectivity index (χ1v) is 7.42. The van der Waals surface area contributed by atoms with Crippen molar-refractivity contribution in [2.24, 2.45) is 0 Å². The molecule has 1 fully saturated rings. The van der Waals surface area contributed by atoms with Crippen LogP contribution in [0.25, 0.3) is 0 Å². The van der Waals surface area contributed by atoms with Gasteiger partial charge in [-0.05, 0) is 43.4 Å². The maximum absolute atomic E-state index is 8.76. The summed E-state index contributed by atoms with van der Waals surface area (Å²) in [6.45, 7) is 0. The summed E-state index contributed by atoms with van der Waals surface area (Å²) in [7, 11) is 0. The lowest BCUT2D eigenvalue weighted by molar-refractivity contribution is 0.475. The highest BCUT2D eigenvalue weighted by Crippen LogP contribution is 2.29. The summed E-state index contributed by atoms with van der Waals surface area (Å²) in [5.41, 5.74) is 1.86.